The van der Waals surface area contributed by atoms with Crippen LogP contribution in [0.15, 0.2) is 24.3 Å². The molecule has 0 spiro atoms. The summed E-state index contributed by atoms with van der Waals surface area (Å²) in [4.78, 5) is 2.40. The van der Waals surface area contributed by atoms with Crippen molar-refractivity contribution in [1.29, 1.82) is 0 Å². The molecule has 0 unspecified atom stereocenters. The first-order valence-electron chi connectivity index (χ1n) is 6.29. The Morgan fingerprint density at radius 1 is 1.18 bits per heavy atom. The first kappa shape index (κ1) is 12.2. The van der Waals surface area contributed by atoms with E-state index in [0.29, 0.717) is 0 Å². The summed E-state index contributed by atoms with van der Waals surface area (Å²) in [6.07, 6.45) is 0.874. The van der Waals surface area contributed by atoms with Crippen molar-refractivity contribution in [1.82, 2.24) is 10.2 Å². The van der Waals surface area contributed by atoms with Crippen molar-refractivity contribution >= 4 is 0 Å². The maximum Gasteiger partial charge on any atom is 0.0602 e. The molecule has 0 amide bonds. The van der Waals surface area contributed by atoms with Crippen molar-refractivity contribution in [3.8, 4) is 11.8 Å². The second-order valence-corrected chi connectivity index (χ2v) is 4.48. The lowest BCUT2D eigenvalue weighted by Crippen LogP contribution is -2.43. The molecule has 0 saturated carbocycles. The van der Waals surface area contributed by atoms with Gasteiger partial charge in [0.1, 0.15) is 0 Å². The monoisotopic (exact) mass is 228 g/mol. The van der Waals surface area contributed by atoms with Crippen molar-refractivity contribution in [3.63, 3.8) is 0 Å². The standard InChI is InChI=1S/C15H20N2/c1-14-6-2-3-7-15(14)8-4-5-11-17-12-9-16-10-13-17/h2-3,6-7,16H,8-13H2,1H3. The van der Waals surface area contributed by atoms with E-state index < -0.39 is 0 Å². The Morgan fingerprint density at radius 3 is 2.71 bits per heavy atom. The molecule has 1 fully saturated rings. The van der Waals surface area contributed by atoms with E-state index in [0.717, 1.165) is 39.1 Å². The van der Waals surface area contributed by atoms with E-state index in [2.05, 4.69) is 53.2 Å². The third kappa shape index (κ3) is 3.89. The lowest BCUT2D eigenvalue weighted by molar-refractivity contribution is 0.268. The Hall–Kier alpha value is -1.30. The lowest BCUT2D eigenvalue weighted by atomic mass is 10.1. The summed E-state index contributed by atoms with van der Waals surface area (Å²) in [7, 11) is 0. The average Bonchev–Trinajstić information content (AvgIpc) is 2.38. The average molecular weight is 228 g/mol. The molecule has 1 N–H and O–H groups in total. The van der Waals surface area contributed by atoms with Crippen LogP contribution in [0, 0.1) is 18.8 Å². The van der Waals surface area contributed by atoms with E-state index in [1.165, 1.54) is 11.1 Å². The zero-order chi connectivity index (χ0) is 11.9. The zero-order valence-corrected chi connectivity index (χ0v) is 10.5. The van der Waals surface area contributed by atoms with E-state index in [9.17, 15) is 0 Å². The van der Waals surface area contributed by atoms with Crippen LogP contribution < -0.4 is 5.32 Å². The predicted octanol–water partition coefficient (Wildman–Crippen LogP) is 1.45. The van der Waals surface area contributed by atoms with Gasteiger partial charge in [-0.15, -0.1) is 0 Å². The van der Waals surface area contributed by atoms with Crippen LogP contribution >= 0.6 is 0 Å². The summed E-state index contributed by atoms with van der Waals surface area (Å²) < 4.78 is 0. The van der Waals surface area contributed by atoms with E-state index in [1.54, 1.807) is 0 Å². The predicted molar refractivity (Wildman–Crippen MR) is 72.0 cm³/mol. The van der Waals surface area contributed by atoms with Gasteiger partial charge in [-0.2, -0.15) is 0 Å². The molecule has 2 nitrogen and oxygen atoms in total. The molecule has 90 valence electrons. The van der Waals surface area contributed by atoms with Gasteiger partial charge in [0.2, 0.25) is 0 Å². The maximum absolute atomic E-state index is 3.35. The fourth-order valence-electron chi connectivity index (χ4n) is 2.00. The largest absolute Gasteiger partial charge is 0.314 e. The number of hydrogen-bond donors (Lipinski definition) is 1. The molecule has 1 saturated heterocycles. The van der Waals surface area contributed by atoms with Crippen LogP contribution in [0.2, 0.25) is 0 Å². The van der Waals surface area contributed by atoms with Gasteiger partial charge in [0.25, 0.3) is 0 Å². The van der Waals surface area contributed by atoms with E-state index in [1.807, 2.05) is 0 Å². The van der Waals surface area contributed by atoms with Gasteiger partial charge in [-0.05, 0) is 18.1 Å². The van der Waals surface area contributed by atoms with Gasteiger partial charge >= 0.3 is 0 Å². The fraction of sp³-hybridized carbons (Fsp3) is 0.467. The number of benzene rings is 1. The molecule has 1 heterocycles. The highest BCUT2D eigenvalue weighted by Gasteiger charge is 2.06. The molecule has 1 aromatic rings. The molecule has 1 aromatic carbocycles. The Morgan fingerprint density at radius 2 is 1.94 bits per heavy atom. The number of nitrogens with zero attached hydrogens (tertiary/aromatic N) is 1. The topological polar surface area (TPSA) is 15.3 Å². The van der Waals surface area contributed by atoms with E-state index in [-0.39, 0.29) is 0 Å². The number of nitrogens with one attached hydrogen (secondary N) is 1. The Bertz CT molecular complexity index is 408. The van der Waals surface area contributed by atoms with E-state index in [4.69, 9.17) is 0 Å². The van der Waals surface area contributed by atoms with Gasteiger partial charge in [-0.25, -0.2) is 0 Å². The number of rotatable bonds is 2. The molecule has 2 rings (SSSR count). The van der Waals surface area contributed by atoms with Crippen LogP contribution in [0.25, 0.3) is 0 Å². The molecule has 17 heavy (non-hydrogen) atoms. The highest BCUT2D eigenvalue weighted by molar-refractivity contribution is 5.29. The smallest absolute Gasteiger partial charge is 0.0602 e. The molecule has 0 bridgehead atoms. The minimum Gasteiger partial charge on any atom is -0.314 e. The van der Waals surface area contributed by atoms with Gasteiger partial charge in [0.05, 0.1) is 6.54 Å². The maximum atomic E-state index is 3.35. The van der Waals surface area contributed by atoms with Crippen molar-refractivity contribution in [2.24, 2.45) is 0 Å². The van der Waals surface area contributed by atoms with Gasteiger partial charge in [0.15, 0.2) is 0 Å². The highest BCUT2D eigenvalue weighted by atomic mass is 15.2. The van der Waals surface area contributed by atoms with Crippen molar-refractivity contribution in [2.45, 2.75) is 13.3 Å². The summed E-state index contributed by atoms with van der Waals surface area (Å²) in [5.41, 5.74) is 2.68. The van der Waals surface area contributed by atoms with Gasteiger partial charge in [-0.3, -0.25) is 4.90 Å². The van der Waals surface area contributed by atoms with Gasteiger partial charge in [-0.1, -0.05) is 36.1 Å². The first-order valence-corrected chi connectivity index (χ1v) is 6.29. The van der Waals surface area contributed by atoms with Crippen LogP contribution in [0.4, 0.5) is 0 Å². The molecule has 0 aliphatic carbocycles. The summed E-state index contributed by atoms with van der Waals surface area (Å²) in [5.74, 6) is 6.56. The Labute approximate surface area is 104 Å². The van der Waals surface area contributed by atoms with Gasteiger partial charge in [0, 0.05) is 32.6 Å². The van der Waals surface area contributed by atoms with E-state index >= 15 is 0 Å². The van der Waals surface area contributed by atoms with Crippen LogP contribution in [-0.4, -0.2) is 37.6 Å². The molecule has 0 atom stereocenters. The quantitative estimate of drug-likeness (QED) is 0.771. The van der Waals surface area contributed by atoms with Gasteiger partial charge < -0.3 is 5.32 Å². The molecule has 2 heteroatoms. The molecule has 0 aromatic heterocycles. The number of aryl methyl sites for hydroxylation is 1. The first-order chi connectivity index (χ1) is 8.36. The summed E-state index contributed by atoms with van der Waals surface area (Å²) in [5, 5.41) is 3.35. The lowest BCUT2D eigenvalue weighted by Gasteiger charge is -2.24. The molecule has 1 aliphatic heterocycles. The molecule has 1 aliphatic rings. The van der Waals surface area contributed by atoms with Crippen LogP contribution in [0.1, 0.15) is 11.1 Å². The van der Waals surface area contributed by atoms with Crippen LogP contribution in [0.5, 0.6) is 0 Å². The van der Waals surface area contributed by atoms with Crippen molar-refractivity contribution in [3.05, 3.63) is 35.4 Å². The summed E-state index contributed by atoms with van der Waals surface area (Å²) in [6.45, 7) is 7.50. The third-order valence-corrected chi connectivity index (χ3v) is 3.18. The summed E-state index contributed by atoms with van der Waals surface area (Å²) >= 11 is 0. The zero-order valence-electron chi connectivity index (χ0n) is 10.5. The molecular weight excluding hydrogens is 208 g/mol. The van der Waals surface area contributed by atoms with Crippen LogP contribution in [-0.2, 0) is 6.42 Å². The number of hydrogen-bond acceptors (Lipinski definition) is 2. The summed E-state index contributed by atoms with van der Waals surface area (Å²) in [6, 6.07) is 8.47. The Balaban J connectivity index is 1.80. The second-order valence-electron chi connectivity index (χ2n) is 4.48. The molecular formula is C15H20N2. The van der Waals surface area contributed by atoms with Crippen molar-refractivity contribution < 1.29 is 0 Å². The highest BCUT2D eigenvalue weighted by Crippen LogP contribution is 2.06. The SMILES string of the molecule is Cc1ccccc1CC#CCN1CCNCC1. The third-order valence-electron chi connectivity index (χ3n) is 3.18. The normalized spacial score (nSPS) is 16.3. The van der Waals surface area contributed by atoms with Crippen LogP contribution in [0.3, 0.4) is 0 Å². The number of piperazine rings is 1. The minimum absolute atomic E-state index is 0.874. The van der Waals surface area contributed by atoms with Crippen molar-refractivity contribution in [2.75, 3.05) is 32.7 Å². The fourth-order valence-corrected chi connectivity index (χ4v) is 2.00. The Kier molecular flexibility index (Phi) is 4.61. The minimum atomic E-state index is 0.874. The molecule has 0 radical (unpaired) electrons. The second kappa shape index (κ2) is 6.44.